The summed E-state index contributed by atoms with van der Waals surface area (Å²) in [7, 11) is 1.38. The van der Waals surface area contributed by atoms with Crippen LogP contribution < -0.4 is 0 Å². The lowest BCUT2D eigenvalue weighted by Crippen LogP contribution is -2.21. The van der Waals surface area contributed by atoms with Crippen LogP contribution in [0.15, 0.2) is 12.3 Å². The molecule has 0 fully saturated rings. The van der Waals surface area contributed by atoms with Gasteiger partial charge >= 0.3 is 6.43 Å². The van der Waals surface area contributed by atoms with Gasteiger partial charge in [-0.25, -0.2) is 8.78 Å². The number of nitrogens with zero attached hydrogens (tertiary/aromatic N) is 1. The van der Waals surface area contributed by atoms with Crippen LogP contribution >= 0.6 is 34.8 Å². The van der Waals surface area contributed by atoms with E-state index in [2.05, 4.69) is 0 Å². The molecule has 0 aromatic carbocycles. The van der Waals surface area contributed by atoms with Gasteiger partial charge in [0.2, 0.25) is 11.6 Å². The maximum atomic E-state index is 12.2. The second kappa shape index (κ2) is 4.92. The summed E-state index contributed by atoms with van der Waals surface area (Å²) in [6.45, 7) is 0. The first-order chi connectivity index (χ1) is 7.64. The normalized spacial score (nSPS) is 11.9. The Balaban J connectivity index is 3.14. The number of ketones is 2. The van der Waals surface area contributed by atoms with Crippen molar-refractivity contribution in [3.63, 3.8) is 0 Å². The summed E-state index contributed by atoms with van der Waals surface area (Å²) in [5.74, 6) is -2.28. The average molecular weight is 305 g/mol. The van der Waals surface area contributed by atoms with Crippen LogP contribution in [0.25, 0.3) is 0 Å². The van der Waals surface area contributed by atoms with E-state index in [0.29, 0.717) is 0 Å². The van der Waals surface area contributed by atoms with Crippen LogP contribution in [0.3, 0.4) is 0 Å². The molecule has 0 unspecified atom stereocenters. The Hall–Kier alpha value is -0.650. The quantitative estimate of drug-likeness (QED) is 0.636. The number of halogens is 5. The summed E-state index contributed by atoms with van der Waals surface area (Å²) >= 11 is 16.1. The van der Waals surface area contributed by atoms with E-state index < -0.39 is 21.8 Å². The highest BCUT2D eigenvalue weighted by molar-refractivity contribution is 6.77. The molecule has 0 atom stereocenters. The Kier molecular flexibility index (Phi) is 4.17. The Morgan fingerprint density at radius 2 is 1.88 bits per heavy atom. The average Bonchev–Trinajstić information content (AvgIpc) is 2.56. The fourth-order valence-corrected chi connectivity index (χ4v) is 1.49. The van der Waals surface area contributed by atoms with Crippen molar-refractivity contribution in [3.05, 3.63) is 23.5 Å². The summed E-state index contributed by atoms with van der Waals surface area (Å²) in [6.07, 6.45) is -2.06. The third-order valence-corrected chi connectivity index (χ3v) is 2.49. The number of hydrogen-bond donors (Lipinski definition) is 0. The lowest BCUT2D eigenvalue weighted by atomic mass is 10.2. The van der Waals surface area contributed by atoms with E-state index in [1.165, 1.54) is 7.05 Å². The third kappa shape index (κ3) is 3.18. The van der Waals surface area contributed by atoms with Gasteiger partial charge in [-0.3, -0.25) is 9.59 Å². The first kappa shape index (κ1) is 14.4. The molecule has 1 rings (SSSR count). The molecule has 1 aromatic heterocycles. The topological polar surface area (TPSA) is 39.1 Å². The number of aryl methyl sites for hydroxylation is 1. The molecule has 0 N–H and O–H groups in total. The molecule has 0 saturated heterocycles. The molecule has 3 nitrogen and oxygen atoms in total. The van der Waals surface area contributed by atoms with E-state index in [-0.39, 0.29) is 11.3 Å². The van der Waals surface area contributed by atoms with Crippen LogP contribution in [-0.4, -0.2) is 26.4 Å². The van der Waals surface area contributed by atoms with Gasteiger partial charge in [-0.1, -0.05) is 34.8 Å². The summed E-state index contributed by atoms with van der Waals surface area (Å²) < 4.78 is 23.3. The van der Waals surface area contributed by atoms with Crippen molar-refractivity contribution in [1.82, 2.24) is 4.57 Å². The molecule has 94 valence electrons. The molecule has 0 aliphatic heterocycles. The van der Waals surface area contributed by atoms with Crippen molar-refractivity contribution in [1.29, 1.82) is 0 Å². The van der Waals surface area contributed by atoms with Crippen LogP contribution in [0, 0.1) is 0 Å². The van der Waals surface area contributed by atoms with Crippen molar-refractivity contribution in [3.8, 4) is 0 Å². The van der Waals surface area contributed by atoms with Crippen LogP contribution in [0.5, 0.6) is 0 Å². The SMILES string of the molecule is Cn1cc(C(=O)C(F)F)cc1C(=O)C(Cl)(Cl)Cl. The summed E-state index contributed by atoms with van der Waals surface area (Å²) in [5.41, 5.74) is -0.436. The highest BCUT2D eigenvalue weighted by atomic mass is 35.6. The van der Waals surface area contributed by atoms with Gasteiger partial charge in [0, 0.05) is 18.8 Å². The monoisotopic (exact) mass is 303 g/mol. The maximum absolute atomic E-state index is 12.2. The smallest absolute Gasteiger partial charge is 0.300 e. The van der Waals surface area contributed by atoms with Gasteiger partial charge in [0.1, 0.15) is 0 Å². The van der Waals surface area contributed by atoms with Crippen molar-refractivity contribution < 1.29 is 18.4 Å². The summed E-state index contributed by atoms with van der Waals surface area (Å²) in [5, 5.41) is 0. The first-order valence-corrected chi connectivity index (χ1v) is 5.38. The molecule has 0 radical (unpaired) electrons. The molecular weight excluding hydrogens is 298 g/mol. The highest BCUT2D eigenvalue weighted by Crippen LogP contribution is 2.31. The zero-order valence-corrected chi connectivity index (χ0v) is 10.7. The Bertz CT molecular complexity index is 465. The summed E-state index contributed by atoms with van der Waals surface area (Å²) in [6, 6.07) is 0.971. The molecule has 0 saturated carbocycles. The minimum absolute atomic E-state index is 0.131. The summed E-state index contributed by atoms with van der Waals surface area (Å²) in [4.78, 5) is 22.6. The fraction of sp³-hybridized carbons (Fsp3) is 0.333. The van der Waals surface area contributed by atoms with Gasteiger partial charge in [-0.05, 0) is 6.07 Å². The Morgan fingerprint density at radius 1 is 1.35 bits per heavy atom. The standard InChI is InChI=1S/C9H6Cl3F2NO2/c1-15-3-4(6(16)8(13)14)2-5(15)7(17)9(10,11)12/h2-3,8H,1H3. The van der Waals surface area contributed by atoms with Gasteiger partial charge in [-0.15, -0.1) is 0 Å². The molecule has 1 aromatic rings. The minimum atomic E-state index is -3.15. The second-order valence-electron chi connectivity index (χ2n) is 3.22. The molecular formula is C9H6Cl3F2NO2. The minimum Gasteiger partial charge on any atom is -0.347 e. The number of carbonyl (C=O) groups is 2. The first-order valence-electron chi connectivity index (χ1n) is 4.25. The Labute approximate surface area is 110 Å². The van der Waals surface area contributed by atoms with E-state index in [1.807, 2.05) is 0 Å². The fourth-order valence-electron chi connectivity index (χ4n) is 1.20. The molecule has 1 heterocycles. The molecule has 0 amide bonds. The molecule has 17 heavy (non-hydrogen) atoms. The van der Waals surface area contributed by atoms with E-state index >= 15 is 0 Å². The van der Waals surface area contributed by atoms with Crippen molar-refractivity contribution in [2.24, 2.45) is 7.05 Å². The van der Waals surface area contributed by atoms with E-state index in [1.54, 1.807) is 0 Å². The zero-order valence-electron chi connectivity index (χ0n) is 8.39. The van der Waals surface area contributed by atoms with Gasteiger partial charge in [0.15, 0.2) is 0 Å². The number of carbonyl (C=O) groups excluding carboxylic acids is 2. The van der Waals surface area contributed by atoms with Crippen LogP contribution in [0.4, 0.5) is 8.78 Å². The number of aromatic nitrogens is 1. The van der Waals surface area contributed by atoms with Gasteiger partial charge in [-0.2, -0.15) is 0 Å². The lowest BCUT2D eigenvalue weighted by Gasteiger charge is -2.09. The maximum Gasteiger partial charge on any atom is 0.300 e. The van der Waals surface area contributed by atoms with Crippen LogP contribution in [-0.2, 0) is 7.05 Å². The third-order valence-electron chi connectivity index (χ3n) is 1.98. The van der Waals surface area contributed by atoms with E-state index in [9.17, 15) is 18.4 Å². The molecule has 8 heteroatoms. The predicted octanol–water partition coefficient (Wildman–Crippen LogP) is 3.03. The molecule has 0 aliphatic rings. The van der Waals surface area contributed by atoms with E-state index in [0.717, 1.165) is 16.8 Å². The molecule has 0 aliphatic carbocycles. The molecule has 0 spiro atoms. The zero-order chi connectivity index (χ0) is 13.4. The van der Waals surface area contributed by atoms with Crippen LogP contribution in [0.2, 0.25) is 0 Å². The van der Waals surface area contributed by atoms with Crippen molar-refractivity contribution in [2.45, 2.75) is 10.2 Å². The molecule has 0 bridgehead atoms. The van der Waals surface area contributed by atoms with Gasteiger partial charge < -0.3 is 4.57 Å². The van der Waals surface area contributed by atoms with Gasteiger partial charge in [0.05, 0.1) is 5.69 Å². The van der Waals surface area contributed by atoms with Crippen molar-refractivity contribution in [2.75, 3.05) is 0 Å². The largest absolute Gasteiger partial charge is 0.347 e. The van der Waals surface area contributed by atoms with Gasteiger partial charge in [0.25, 0.3) is 3.79 Å². The van der Waals surface area contributed by atoms with Crippen molar-refractivity contribution >= 4 is 46.4 Å². The number of alkyl halides is 5. The number of rotatable bonds is 3. The second-order valence-corrected chi connectivity index (χ2v) is 5.50. The number of Topliss-reactive ketones (excluding diaryl/α,β-unsaturated/α-hetero) is 2. The predicted molar refractivity (Wildman–Crippen MR) is 60.4 cm³/mol. The number of hydrogen-bond acceptors (Lipinski definition) is 2. The van der Waals surface area contributed by atoms with E-state index in [4.69, 9.17) is 34.8 Å². The lowest BCUT2D eigenvalue weighted by molar-refractivity contribution is 0.0679. The van der Waals surface area contributed by atoms with Crippen LogP contribution in [0.1, 0.15) is 20.8 Å². The Morgan fingerprint density at radius 3 is 2.29 bits per heavy atom. The highest BCUT2D eigenvalue weighted by Gasteiger charge is 2.34.